The number of nitrogens with zero attached hydrogens (tertiary/aromatic N) is 4. The summed E-state index contributed by atoms with van der Waals surface area (Å²) >= 11 is 1.68. The highest BCUT2D eigenvalue weighted by molar-refractivity contribution is 7.09. The number of hydrogen-bond donors (Lipinski definition) is 1. The van der Waals surface area contributed by atoms with Gasteiger partial charge in [0.1, 0.15) is 0 Å². The summed E-state index contributed by atoms with van der Waals surface area (Å²) in [5.74, 6) is 0.716. The Balaban J connectivity index is 2.18. The van der Waals surface area contributed by atoms with Gasteiger partial charge in [-0.1, -0.05) is 6.07 Å². The zero-order valence-corrected chi connectivity index (χ0v) is 7.74. The maximum Gasteiger partial charge on any atom is 0.165 e. The van der Waals surface area contributed by atoms with Crippen molar-refractivity contribution in [3.05, 3.63) is 28.2 Å². The Hall–Kier alpha value is -1.27. The number of nitrogens with two attached hydrogens (primary N) is 1. The lowest BCUT2D eigenvalue weighted by Crippen LogP contribution is -2.09. The molecule has 2 heterocycles. The van der Waals surface area contributed by atoms with E-state index in [0.717, 1.165) is 0 Å². The average Bonchev–Trinajstić information content (AvgIpc) is 2.76. The first-order valence-electron chi connectivity index (χ1n) is 3.87. The molecule has 0 spiro atoms. The molecule has 0 atom stereocenters. The van der Waals surface area contributed by atoms with Crippen molar-refractivity contribution in [1.29, 1.82) is 0 Å². The molecule has 5 nitrogen and oxygen atoms in total. The first-order valence-corrected chi connectivity index (χ1v) is 4.75. The van der Waals surface area contributed by atoms with E-state index in [1.54, 1.807) is 16.0 Å². The van der Waals surface area contributed by atoms with Gasteiger partial charge in [0.05, 0.1) is 13.1 Å². The zero-order chi connectivity index (χ0) is 9.10. The Kier molecular flexibility index (Phi) is 2.33. The molecule has 0 saturated carbocycles. The van der Waals surface area contributed by atoms with E-state index >= 15 is 0 Å². The fourth-order valence-electron chi connectivity index (χ4n) is 1.04. The van der Waals surface area contributed by atoms with Crippen LogP contribution in [0.1, 0.15) is 10.7 Å². The van der Waals surface area contributed by atoms with Crippen LogP contribution in [-0.4, -0.2) is 20.2 Å². The van der Waals surface area contributed by atoms with Crippen molar-refractivity contribution in [2.24, 2.45) is 5.73 Å². The third-order valence-corrected chi connectivity index (χ3v) is 2.54. The molecule has 0 fully saturated rings. The van der Waals surface area contributed by atoms with Crippen LogP contribution in [-0.2, 0) is 13.1 Å². The van der Waals surface area contributed by atoms with E-state index < -0.39 is 0 Å². The van der Waals surface area contributed by atoms with E-state index in [0.29, 0.717) is 18.9 Å². The molecule has 0 aliphatic heterocycles. The van der Waals surface area contributed by atoms with Crippen LogP contribution < -0.4 is 5.73 Å². The molecule has 0 saturated heterocycles. The monoisotopic (exact) mass is 195 g/mol. The fraction of sp³-hybridized carbons (Fsp3) is 0.286. The first kappa shape index (κ1) is 8.33. The van der Waals surface area contributed by atoms with Gasteiger partial charge in [0, 0.05) is 4.88 Å². The summed E-state index contributed by atoms with van der Waals surface area (Å²) in [6.45, 7) is 1.08. The van der Waals surface area contributed by atoms with Crippen LogP contribution in [0.4, 0.5) is 0 Å². The summed E-state index contributed by atoms with van der Waals surface area (Å²) in [5, 5.41) is 13.2. The van der Waals surface area contributed by atoms with Crippen molar-refractivity contribution in [2.75, 3.05) is 0 Å². The lowest BCUT2D eigenvalue weighted by Gasteiger charge is -1.99. The smallest absolute Gasteiger partial charge is 0.165 e. The van der Waals surface area contributed by atoms with Crippen LogP contribution in [0.3, 0.4) is 0 Å². The summed E-state index contributed by atoms with van der Waals surface area (Å²) < 4.78 is 1.71. The summed E-state index contributed by atoms with van der Waals surface area (Å²) in [7, 11) is 0. The van der Waals surface area contributed by atoms with Crippen molar-refractivity contribution in [3.8, 4) is 0 Å². The van der Waals surface area contributed by atoms with Gasteiger partial charge in [0.2, 0.25) is 0 Å². The minimum Gasteiger partial charge on any atom is -0.324 e. The normalized spacial score (nSPS) is 10.5. The topological polar surface area (TPSA) is 69.6 Å². The second kappa shape index (κ2) is 3.63. The molecular formula is C7H9N5S. The quantitative estimate of drug-likeness (QED) is 0.761. The number of hydrogen-bond acceptors (Lipinski definition) is 5. The van der Waals surface area contributed by atoms with Gasteiger partial charge in [-0.05, 0) is 21.9 Å². The van der Waals surface area contributed by atoms with E-state index in [4.69, 9.17) is 5.73 Å². The second-order valence-electron chi connectivity index (χ2n) is 2.54. The van der Waals surface area contributed by atoms with Crippen molar-refractivity contribution in [2.45, 2.75) is 13.1 Å². The summed E-state index contributed by atoms with van der Waals surface area (Å²) in [5.41, 5.74) is 5.46. The van der Waals surface area contributed by atoms with E-state index in [9.17, 15) is 0 Å². The Bertz CT molecular complexity index is 366. The fourth-order valence-corrected chi connectivity index (χ4v) is 1.73. The molecule has 2 rings (SSSR count). The maximum atomic E-state index is 5.46. The molecule has 0 bridgehead atoms. The lowest BCUT2D eigenvalue weighted by atomic mass is 10.4. The molecule has 6 heteroatoms. The summed E-state index contributed by atoms with van der Waals surface area (Å²) in [4.78, 5) is 1.22. The van der Waals surface area contributed by atoms with Crippen molar-refractivity contribution >= 4 is 11.3 Å². The van der Waals surface area contributed by atoms with Crippen LogP contribution in [0.5, 0.6) is 0 Å². The number of aromatic nitrogens is 4. The minimum absolute atomic E-state index is 0.373. The van der Waals surface area contributed by atoms with Crippen molar-refractivity contribution in [1.82, 2.24) is 20.2 Å². The molecular weight excluding hydrogens is 186 g/mol. The number of tetrazole rings is 1. The van der Waals surface area contributed by atoms with Gasteiger partial charge in [-0.25, -0.2) is 4.68 Å². The highest BCUT2D eigenvalue weighted by atomic mass is 32.1. The van der Waals surface area contributed by atoms with Crippen LogP contribution >= 0.6 is 11.3 Å². The lowest BCUT2D eigenvalue weighted by molar-refractivity contribution is 0.624. The van der Waals surface area contributed by atoms with Gasteiger partial charge in [0.15, 0.2) is 5.82 Å². The molecule has 0 aliphatic carbocycles. The molecule has 0 aromatic carbocycles. The molecule has 0 amide bonds. The predicted octanol–water partition coefficient (Wildman–Crippen LogP) is 0.242. The van der Waals surface area contributed by atoms with Gasteiger partial charge in [-0.15, -0.1) is 16.4 Å². The van der Waals surface area contributed by atoms with Crippen molar-refractivity contribution < 1.29 is 0 Å². The van der Waals surface area contributed by atoms with Crippen LogP contribution in [0.25, 0.3) is 0 Å². The van der Waals surface area contributed by atoms with Gasteiger partial charge in [0.25, 0.3) is 0 Å². The maximum absolute atomic E-state index is 5.46. The van der Waals surface area contributed by atoms with E-state index in [2.05, 4.69) is 15.5 Å². The highest BCUT2D eigenvalue weighted by Crippen LogP contribution is 2.09. The molecule has 13 heavy (non-hydrogen) atoms. The van der Waals surface area contributed by atoms with Gasteiger partial charge in [-0.2, -0.15) is 0 Å². The molecule has 2 aromatic rings. The Morgan fingerprint density at radius 1 is 1.54 bits per heavy atom. The second-order valence-corrected chi connectivity index (χ2v) is 3.57. The van der Waals surface area contributed by atoms with Crippen molar-refractivity contribution in [3.63, 3.8) is 0 Å². The largest absolute Gasteiger partial charge is 0.324 e. The summed E-state index contributed by atoms with van der Waals surface area (Å²) in [6, 6.07) is 4.05. The van der Waals surface area contributed by atoms with Crippen LogP contribution in [0, 0.1) is 0 Å². The molecule has 68 valence electrons. The van der Waals surface area contributed by atoms with E-state index in [-0.39, 0.29) is 0 Å². The van der Waals surface area contributed by atoms with Crippen LogP contribution in [0.15, 0.2) is 17.5 Å². The predicted molar refractivity (Wildman–Crippen MR) is 49.1 cm³/mol. The molecule has 2 aromatic heterocycles. The minimum atomic E-state index is 0.373. The van der Waals surface area contributed by atoms with Gasteiger partial charge >= 0.3 is 0 Å². The highest BCUT2D eigenvalue weighted by Gasteiger charge is 2.04. The summed E-state index contributed by atoms with van der Waals surface area (Å²) in [6.07, 6.45) is 0. The van der Waals surface area contributed by atoms with E-state index in [1.165, 1.54) is 4.88 Å². The van der Waals surface area contributed by atoms with Crippen LogP contribution in [0.2, 0.25) is 0 Å². The molecule has 0 aliphatic rings. The SMILES string of the molecule is NCc1nnnn1Cc1cccs1. The number of thiophene rings is 1. The third-order valence-electron chi connectivity index (χ3n) is 1.67. The third kappa shape index (κ3) is 1.73. The average molecular weight is 195 g/mol. The molecule has 2 N–H and O–H groups in total. The zero-order valence-electron chi connectivity index (χ0n) is 6.92. The van der Waals surface area contributed by atoms with Gasteiger partial charge in [-0.3, -0.25) is 0 Å². The van der Waals surface area contributed by atoms with Gasteiger partial charge < -0.3 is 5.73 Å². The standard InChI is InChI=1S/C7H9N5S/c8-4-7-9-10-11-12(7)5-6-2-1-3-13-6/h1-3H,4-5,8H2. The Morgan fingerprint density at radius 2 is 2.46 bits per heavy atom. The Morgan fingerprint density at radius 3 is 3.15 bits per heavy atom. The molecule has 0 radical (unpaired) electrons. The number of rotatable bonds is 3. The molecule has 0 unspecified atom stereocenters. The Labute approximate surface area is 79.2 Å². The first-order chi connectivity index (χ1) is 6.40. The van der Waals surface area contributed by atoms with E-state index in [1.807, 2.05) is 17.5 Å².